The fourth-order valence-corrected chi connectivity index (χ4v) is 2.01. The number of hydrogen-bond acceptors (Lipinski definition) is 3. The van der Waals surface area contributed by atoms with Crippen LogP contribution in [0.5, 0.6) is 11.5 Å². The third-order valence-electron chi connectivity index (χ3n) is 3.23. The van der Waals surface area contributed by atoms with Crippen LogP contribution in [0.3, 0.4) is 0 Å². The van der Waals surface area contributed by atoms with Gasteiger partial charge in [-0.25, -0.2) is 4.39 Å². The minimum atomic E-state index is -0.212. The standard InChI is InChI=1S/C17H20FNO2/c1-13(14-4-3-5-15(18)12-14)19-10-11-21-17-8-6-16(20-2)7-9-17/h3-9,12-13,19H,10-11H2,1-2H3/t13-/m1/s1. The Hall–Kier alpha value is -2.07. The molecule has 4 heteroatoms. The third kappa shape index (κ3) is 4.76. The summed E-state index contributed by atoms with van der Waals surface area (Å²) in [6.07, 6.45) is 0. The van der Waals surface area contributed by atoms with Gasteiger partial charge in [-0.1, -0.05) is 12.1 Å². The Morgan fingerprint density at radius 2 is 1.81 bits per heavy atom. The van der Waals surface area contributed by atoms with E-state index in [9.17, 15) is 4.39 Å². The van der Waals surface area contributed by atoms with E-state index in [1.165, 1.54) is 6.07 Å². The third-order valence-corrected chi connectivity index (χ3v) is 3.23. The number of methoxy groups -OCH3 is 1. The predicted molar refractivity (Wildman–Crippen MR) is 81.3 cm³/mol. The van der Waals surface area contributed by atoms with Gasteiger partial charge >= 0.3 is 0 Å². The minimum absolute atomic E-state index is 0.0835. The van der Waals surface area contributed by atoms with E-state index >= 15 is 0 Å². The van der Waals surface area contributed by atoms with Crippen molar-refractivity contribution in [2.24, 2.45) is 0 Å². The van der Waals surface area contributed by atoms with Crippen molar-refractivity contribution < 1.29 is 13.9 Å². The van der Waals surface area contributed by atoms with Gasteiger partial charge in [0, 0.05) is 12.6 Å². The molecule has 0 spiro atoms. The van der Waals surface area contributed by atoms with E-state index in [0.29, 0.717) is 13.2 Å². The monoisotopic (exact) mass is 289 g/mol. The Bertz CT molecular complexity index is 557. The van der Waals surface area contributed by atoms with E-state index in [2.05, 4.69) is 5.32 Å². The van der Waals surface area contributed by atoms with Crippen molar-refractivity contribution >= 4 is 0 Å². The molecule has 0 aliphatic carbocycles. The molecular formula is C17H20FNO2. The second-order valence-electron chi connectivity index (χ2n) is 4.75. The lowest BCUT2D eigenvalue weighted by Crippen LogP contribution is -2.24. The SMILES string of the molecule is COc1ccc(OCCN[C@H](C)c2cccc(F)c2)cc1. The maximum absolute atomic E-state index is 13.1. The quantitative estimate of drug-likeness (QED) is 0.791. The average Bonchev–Trinajstić information content (AvgIpc) is 2.52. The van der Waals surface area contributed by atoms with Crippen LogP contribution < -0.4 is 14.8 Å². The molecule has 112 valence electrons. The fraction of sp³-hybridized carbons (Fsp3) is 0.294. The molecule has 0 saturated carbocycles. The molecule has 21 heavy (non-hydrogen) atoms. The summed E-state index contributed by atoms with van der Waals surface area (Å²) in [5, 5.41) is 3.30. The largest absolute Gasteiger partial charge is 0.497 e. The van der Waals surface area contributed by atoms with Crippen LogP contribution in [0, 0.1) is 5.82 Å². The second-order valence-corrected chi connectivity index (χ2v) is 4.75. The van der Waals surface area contributed by atoms with Gasteiger partial charge in [0.05, 0.1) is 7.11 Å². The summed E-state index contributed by atoms with van der Waals surface area (Å²) < 4.78 is 23.8. The van der Waals surface area contributed by atoms with Gasteiger partial charge in [0.2, 0.25) is 0 Å². The predicted octanol–water partition coefficient (Wildman–Crippen LogP) is 3.56. The van der Waals surface area contributed by atoms with Gasteiger partial charge in [0.15, 0.2) is 0 Å². The maximum Gasteiger partial charge on any atom is 0.123 e. The van der Waals surface area contributed by atoms with Gasteiger partial charge < -0.3 is 14.8 Å². The summed E-state index contributed by atoms with van der Waals surface area (Å²) in [6.45, 7) is 3.23. The lowest BCUT2D eigenvalue weighted by atomic mass is 10.1. The molecule has 1 N–H and O–H groups in total. The summed E-state index contributed by atoms with van der Waals surface area (Å²) >= 11 is 0. The van der Waals surface area contributed by atoms with Gasteiger partial charge in [0.1, 0.15) is 23.9 Å². The molecule has 0 aromatic heterocycles. The molecule has 0 fully saturated rings. The fourth-order valence-electron chi connectivity index (χ4n) is 2.01. The highest BCUT2D eigenvalue weighted by Gasteiger charge is 2.05. The zero-order chi connectivity index (χ0) is 15.1. The van der Waals surface area contributed by atoms with E-state index in [1.807, 2.05) is 37.3 Å². The smallest absolute Gasteiger partial charge is 0.123 e. The molecule has 3 nitrogen and oxygen atoms in total. The van der Waals surface area contributed by atoms with E-state index in [1.54, 1.807) is 19.2 Å². The molecule has 1 atom stereocenters. The maximum atomic E-state index is 13.1. The number of hydrogen-bond donors (Lipinski definition) is 1. The van der Waals surface area contributed by atoms with Gasteiger partial charge in [0.25, 0.3) is 0 Å². The van der Waals surface area contributed by atoms with Crippen molar-refractivity contribution in [3.05, 3.63) is 59.9 Å². The highest BCUT2D eigenvalue weighted by molar-refractivity contribution is 5.31. The van der Waals surface area contributed by atoms with Crippen LogP contribution in [-0.4, -0.2) is 20.3 Å². The van der Waals surface area contributed by atoms with Crippen LogP contribution in [0.4, 0.5) is 4.39 Å². The Morgan fingerprint density at radius 1 is 1.10 bits per heavy atom. The summed E-state index contributed by atoms with van der Waals surface area (Å²) in [7, 11) is 1.63. The first-order valence-electron chi connectivity index (χ1n) is 6.95. The first-order valence-corrected chi connectivity index (χ1v) is 6.95. The van der Waals surface area contributed by atoms with Crippen LogP contribution in [0.1, 0.15) is 18.5 Å². The van der Waals surface area contributed by atoms with Gasteiger partial charge in [-0.05, 0) is 48.9 Å². The number of rotatable bonds is 7. The molecular weight excluding hydrogens is 269 g/mol. The topological polar surface area (TPSA) is 30.5 Å². The summed E-state index contributed by atoms with van der Waals surface area (Å²) in [4.78, 5) is 0. The van der Waals surface area contributed by atoms with Gasteiger partial charge in [-0.15, -0.1) is 0 Å². The lowest BCUT2D eigenvalue weighted by Gasteiger charge is -2.15. The second kappa shape index (κ2) is 7.64. The molecule has 0 saturated heterocycles. The van der Waals surface area contributed by atoms with Crippen molar-refractivity contribution in [3.8, 4) is 11.5 Å². The van der Waals surface area contributed by atoms with E-state index in [-0.39, 0.29) is 11.9 Å². The molecule has 0 unspecified atom stereocenters. The van der Waals surface area contributed by atoms with Crippen molar-refractivity contribution in [2.75, 3.05) is 20.3 Å². The average molecular weight is 289 g/mol. The first kappa shape index (κ1) is 15.3. The molecule has 0 amide bonds. The van der Waals surface area contributed by atoms with Crippen molar-refractivity contribution in [1.29, 1.82) is 0 Å². The Balaban J connectivity index is 1.73. The highest BCUT2D eigenvalue weighted by atomic mass is 19.1. The molecule has 0 bridgehead atoms. The van der Waals surface area contributed by atoms with Gasteiger partial charge in [-0.3, -0.25) is 0 Å². The van der Waals surface area contributed by atoms with Crippen LogP contribution >= 0.6 is 0 Å². The normalized spacial score (nSPS) is 12.0. The van der Waals surface area contributed by atoms with Crippen LogP contribution in [0.15, 0.2) is 48.5 Å². The summed E-state index contributed by atoms with van der Waals surface area (Å²) in [5.41, 5.74) is 0.930. The molecule has 0 aliphatic heterocycles. The molecule has 0 radical (unpaired) electrons. The van der Waals surface area contributed by atoms with Gasteiger partial charge in [-0.2, -0.15) is 0 Å². The zero-order valence-electron chi connectivity index (χ0n) is 12.3. The van der Waals surface area contributed by atoms with Crippen molar-refractivity contribution in [2.45, 2.75) is 13.0 Å². The molecule has 0 aliphatic rings. The minimum Gasteiger partial charge on any atom is -0.497 e. The van der Waals surface area contributed by atoms with E-state index in [0.717, 1.165) is 17.1 Å². The van der Waals surface area contributed by atoms with Crippen molar-refractivity contribution in [1.82, 2.24) is 5.32 Å². The lowest BCUT2D eigenvalue weighted by molar-refractivity contribution is 0.307. The first-order chi connectivity index (χ1) is 10.2. The molecule has 2 rings (SSSR count). The number of nitrogens with one attached hydrogen (secondary N) is 1. The van der Waals surface area contributed by atoms with E-state index < -0.39 is 0 Å². The Kier molecular flexibility index (Phi) is 5.58. The number of ether oxygens (including phenoxy) is 2. The Morgan fingerprint density at radius 3 is 2.48 bits per heavy atom. The molecule has 2 aromatic carbocycles. The summed E-state index contributed by atoms with van der Waals surface area (Å²) in [6, 6.07) is 14.2. The van der Waals surface area contributed by atoms with E-state index in [4.69, 9.17) is 9.47 Å². The molecule has 0 heterocycles. The highest BCUT2D eigenvalue weighted by Crippen LogP contribution is 2.17. The molecule has 2 aromatic rings. The van der Waals surface area contributed by atoms with Crippen molar-refractivity contribution in [3.63, 3.8) is 0 Å². The van der Waals surface area contributed by atoms with Crippen LogP contribution in [0.2, 0.25) is 0 Å². The number of halogens is 1. The van der Waals surface area contributed by atoms with Crippen LogP contribution in [0.25, 0.3) is 0 Å². The summed E-state index contributed by atoms with van der Waals surface area (Å²) in [5.74, 6) is 1.40. The Labute approximate surface area is 124 Å². The zero-order valence-corrected chi connectivity index (χ0v) is 12.3. The number of benzene rings is 2. The van der Waals surface area contributed by atoms with Crippen LogP contribution in [-0.2, 0) is 0 Å².